The second kappa shape index (κ2) is 8.40. The molecule has 0 bridgehead atoms. The predicted octanol–water partition coefficient (Wildman–Crippen LogP) is 2.83. The summed E-state index contributed by atoms with van der Waals surface area (Å²) >= 11 is 1.16. The number of aryl methyl sites for hydroxylation is 1. The average molecular weight is 339 g/mol. The number of esters is 1. The molecule has 128 valence electrons. The van der Waals surface area contributed by atoms with Crippen LogP contribution in [0.2, 0.25) is 0 Å². The molecule has 0 atom stereocenters. The Kier molecular flexibility index (Phi) is 6.53. The molecule has 1 aliphatic rings. The summed E-state index contributed by atoms with van der Waals surface area (Å²) in [7, 11) is 1.99. The first-order chi connectivity index (χ1) is 11.0. The molecule has 6 nitrogen and oxygen atoms in total. The molecule has 1 saturated carbocycles. The zero-order chi connectivity index (χ0) is 16.8. The van der Waals surface area contributed by atoms with Crippen LogP contribution in [0.15, 0.2) is 0 Å². The number of hydrogen-bond donors (Lipinski definition) is 1. The number of likely N-dealkylation sites (N-methyl/N-ethyl adjacent to an activating group) is 1. The highest BCUT2D eigenvalue weighted by molar-refractivity contribution is 7.17. The van der Waals surface area contributed by atoms with Crippen LogP contribution in [0.3, 0.4) is 0 Å². The lowest BCUT2D eigenvalue weighted by atomic mass is 9.94. The molecule has 0 radical (unpaired) electrons. The quantitative estimate of drug-likeness (QED) is 0.807. The van der Waals surface area contributed by atoms with Gasteiger partial charge in [-0.05, 0) is 33.7 Å². The zero-order valence-electron chi connectivity index (χ0n) is 14.1. The van der Waals surface area contributed by atoms with Gasteiger partial charge in [0.25, 0.3) is 0 Å². The highest BCUT2D eigenvalue weighted by atomic mass is 32.1. The molecular weight excluding hydrogens is 314 g/mol. The van der Waals surface area contributed by atoms with Gasteiger partial charge in [0.15, 0.2) is 5.13 Å². The molecule has 0 spiro atoms. The number of aromatic nitrogens is 1. The first-order valence-corrected chi connectivity index (χ1v) is 8.97. The van der Waals surface area contributed by atoms with Crippen molar-refractivity contribution >= 4 is 28.3 Å². The van der Waals surface area contributed by atoms with Crippen LogP contribution >= 0.6 is 11.3 Å². The lowest BCUT2D eigenvalue weighted by Gasteiger charge is -2.30. The molecule has 1 aliphatic carbocycles. The maximum absolute atomic E-state index is 12.2. The standard InChI is InChI=1S/C16H25N3O3S/c1-4-22-15(21)14-11(2)17-16(23-14)18-13(20)10-19(3)12-8-6-5-7-9-12/h12H,4-10H2,1-3H3,(H,17,18,20). The minimum atomic E-state index is -0.387. The van der Waals surface area contributed by atoms with E-state index in [1.807, 2.05) is 7.05 Å². The van der Waals surface area contributed by atoms with E-state index in [-0.39, 0.29) is 11.9 Å². The Labute approximate surface area is 141 Å². The predicted molar refractivity (Wildman–Crippen MR) is 90.9 cm³/mol. The minimum absolute atomic E-state index is 0.0952. The van der Waals surface area contributed by atoms with Crippen LogP contribution in [-0.2, 0) is 9.53 Å². The number of carbonyl (C=O) groups is 2. The van der Waals surface area contributed by atoms with E-state index in [1.54, 1.807) is 13.8 Å². The first-order valence-electron chi connectivity index (χ1n) is 8.16. The van der Waals surface area contributed by atoms with Crippen LogP contribution in [0, 0.1) is 6.92 Å². The van der Waals surface area contributed by atoms with Crippen molar-refractivity contribution in [3.8, 4) is 0 Å². The fraction of sp³-hybridized carbons (Fsp3) is 0.688. The fourth-order valence-corrected chi connectivity index (χ4v) is 3.75. The van der Waals surface area contributed by atoms with Crippen LogP contribution in [-0.4, -0.2) is 48.0 Å². The Bertz CT molecular complexity index is 553. The third kappa shape index (κ3) is 5.00. The summed E-state index contributed by atoms with van der Waals surface area (Å²) < 4.78 is 4.98. The van der Waals surface area contributed by atoms with E-state index in [0.717, 1.165) is 24.2 Å². The van der Waals surface area contributed by atoms with E-state index in [0.29, 0.717) is 34.9 Å². The van der Waals surface area contributed by atoms with Crippen LogP contribution in [0.1, 0.15) is 54.4 Å². The van der Waals surface area contributed by atoms with Gasteiger partial charge in [-0.2, -0.15) is 0 Å². The van der Waals surface area contributed by atoms with Crippen molar-refractivity contribution in [3.63, 3.8) is 0 Å². The fourth-order valence-electron chi connectivity index (χ4n) is 2.87. The Morgan fingerprint density at radius 1 is 1.35 bits per heavy atom. The Morgan fingerprint density at radius 2 is 2.04 bits per heavy atom. The van der Waals surface area contributed by atoms with Crippen LogP contribution in [0.5, 0.6) is 0 Å². The van der Waals surface area contributed by atoms with Crippen molar-refractivity contribution in [2.45, 2.75) is 52.0 Å². The van der Waals surface area contributed by atoms with E-state index in [2.05, 4.69) is 15.2 Å². The lowest BCUT2D eigenvalue weighted by molar-refractivity contribution is -0.117. The van der Waals surface area contributed by atoms with Crippen LogP contribution in [0.4, 0.5) is 5.13 Å². The summed E-state index contributed by atoms with van der Waals surface area (Å²) in [5, 5.41) is 3.24. The van der Waals surface area contributed by atoms with Gasteiger partial charge in [-0.15, -0.1) is 0 Å². The van der Waals surface area contributed by atoms with Crippen LogP contribution < -0.4 is 5.32 Å². The topological polar surface area (TPSA) is 71.5 Å². The molecule has 1 amide bonds. The van der Waals surface area contributed by atoms with Gasteiger partial charge in [0.1, 0.15) is 4.88 Å². The number of nitrogens with zero attached hydrogens (tertiary/aromatic N) is 2. The van der Waals surface area contributed by atoms with Gasteiger partial charge in [0, 0.05) is 6.04 Å². The smallest absolute Gasteiger partial charge is 0.350 e. The van der Waals surface area contributed by atoms with Gasteiger partial charge in [-0.1, -0.05) is 30.6 Å². The van der Waals surface area contributed by atoms with Crippen molar-refractivity contribution in [1.29, 1.82) is 0 Å². The molecule has 1 N–H and O–H groups in total. The summed E-state index contributed by atoms with van der Waals surface area (Å²) in [6, 6.07) is 0.489. The number of nitrogens with one attached hydrogen (secondary N) is 1. The summed E-state index contributed by atoms with van der Waals surface area (Å²) in [6.07, 6.45) is 6.10. The first kappa shape index (κ1) is 17.9. The van der Waals surface area contributed by atoms with Crippen molar-refractivity contribution in [1.82, 2.24) is 9.88 Å². The number of ether oxygens (including phenoxy) is 1. The van der Waals surface area contributed by atoms with Crippen molar-refractivity contribution in [2.24, 2.45) is 0 Å². The number of carbonyl (C=O) groups excluding carboxylic acids is 2. The molecule has 2 rings (SSSR count). The van der Waals surface area contributed by atoms with Crippen molar-refractivity contribution in [2.75, 3.05) is 25.5 Å². The normalized spacial score (nSPS) is 15.7. The summed E-state index contributed by atoms with van der Waals surface area (Å²) in [6.45, 7) is 4.17. The molecule has 1 aromatic rings. The van der Waals surface area contributed by atoms with Crippen molar-refractivity contribution in [3.05, 3.63) is 10.6 Å². The second-order valence-corrected chi connectivity index (χ2v) is 6.91. The van der Waals surface area contributed by atoms with E-state index in [1.165, 1.54) is 19.3 Å². The Morgan fingerprint density at radius 3 is 2.70 bits per heavy atom. The van der Waals surface area contributed by atoms with Gasteiger partial charge >= 0.3 is 5.97 Å². The number of thiazole rings is 1. The zero-order valence-corrected chi connectivity index (χ0v) is 14.9. The summed E-state index contributed by atoms with van der Waals surface area (Å²) in [5.74, 6) is -0.482. The monoisotopic (exact) mass is 339 g/mol. The van der Waals surface area contributed by atoms with E-state index < -0.39 is 0 Å². The molecule has 1 heterocycles. The highest BCUT2D eigenvalue weighted by Gasteiger charge is 2.21. The Balaban J connectivity index is 1.89. The third-order valence-electron chi connectivity index (χ3n) is 4.09. The van der Waals surface area contributed by atoms with Crippen LogP contribution in [0.25, 0.3) is 0 Å². The number of rotatable bonds is 6. The van der Waals surface area contributed by atoms with Gasteiger partial charge in [0.05, 0.1) is 18.8 Å². The molecule has 7 heteroatoms. The SMILES string of the molecule is CCOC(=O)c1sc(NC(=O)CN(C)C2CCCCC2)nc1C. The molecule has 0 unspecified atom stereocenters. The molecule has 0 aromatic carbocycles. The third-order valence-corrected chi connectivity index (χ3v) is 5.15. The largest absolute Gasteiger partial charge is 0.462 e. The summed E-state index contributed by atoms with van der Waals surface area (Å²) in [4.78, 5) is 30.8. The van der Waals surface area contributed by atoms with E-state index in [4.69, 9.17) is 4.74 Å². The number of amides is 1. The lowest BCUT2D eigenvalue weighted by Crippen LogP contribution is -2.39. The molecule has 23 heavy (non-hydrogen) atoms. The molecule has 1 fully saturated rings. The van der Waals surface area contributed by atoms with Gasteiger partial charge in [0.2, 0.25) is 5.91 Å². The molecule has 0 saturated heterocycles. The number of hydrogen-bond acceptors (Lipinski definition) is 6. The van der Waals surface area contributed by atoms with Gasteiger partial charge < -0.3 is 10.1 Å². The van der Waals surface area contributed by atoms with Gasteiger partial charge in [-0.3, -0.25) is 9.69 Å². The maximum atomic E-state index is 12.2. The van der Waals surface area contributed by atoms with E-state index >= 15 is 0 Å². The van der Waals surface area contributed by atoms with E-state index in [9.17, 15) is 9.59 Å². The number of anilines is 1. The summed E-state index contributed by atoms with van der Waals surface area (Å²) in [5.41, 5.74) is 0.587. The molecule has 0 aliphatic heterocycles. The van der Waals surface area contributed by atoms with Crippen molar-refractivity contribution < 1.29 is 14.3 Å². The van der Waals surface area contributed by atoms with Gasteiger partial charge in [-0.25, -0.2) is 9.78 Å². The highest BCUT2D eigenvalue weighted by Crippen LogP contribution is 2.24. The maximum Gasteiger partial charge on any atom is 0.350 e. The minimum Gasteiger partial charge on any atom is -0.462 e. The molecular formula is C16H25N3O3S. The average Bonchev–Trinajstić information content (AvgIpc) is 2.88. The Hall–Kier alpha value is -1.47. The molecule has 1 aromatic heterocycles. The second-order valence-electron chi connectivity index (χ2n) is 5.91.